The summed E-state index contributed by atoms with van der Waals surface area (Å²) in [5.41, 5.74) is 11.3. The zero-order chi connectivity index (χ0) is 8.43. The van der Waals surface area contributed by atoms with Crippen LogP contribution in [0.15, 0.2) is 16.5 Å². The highest BCUT2D eigenvalue weighted by molar-refractivity contribution is 5.10. The molecule has 2 unspecified atom stereocenters. The first kappa shape index (κ1) is 8.30. The quantitative estimate of drug-likeness (QED) is 0.666. The van der Waals surface area contributed by atoms with Crippen molar-refractivity contribution < 1.29 is 4.42 Å². The lowest BCUT2D eigenvalue weighted by atomic mass is 10.1. The molecule has 0 aliphatic heterocycles. The van der Waals surface area contributed by atoms with Crippen LogP contribution >= 0.6 is 0 Å². The van der Waals surface area contributed by atoms with Crippen LogP contribution in [0.2, 0.25) is 0 Å². The number of rotatable bonds is 2. The summed E-state index contributed by atoms with van der Waals surface area (Å²) in [6.07, 6.45) is 0. The Morgan fingerprint density at radius 1 is 1.36 bits per heavy atom. The Morgan fingerprint density at radius 3 is 2.36 bits per heavy atom. The van der Waals surface area contributed by atoms with Gasteiger partial charge in [0.2, 0.25) is 0 Å². The predicted molar refractivity (Wildman–Crippen MR) is 44.0 cm³/mol. The highest BCUT2D eigenvalue weighted by Crippen LogP contribution is 2.15. The molecule has 3 heteroatoms. The molecule has 1 aromatic heterocycles. The van der Waals surface area contributed by atoms with Crippen LogP contribution in [0.3, 0.4) is 0 Å². The van der Waals surface area contributed by atoms with Gasteiger partial charge >= 0.3 is 0 Å². The summed E-state index contributed by atoms with van der Waals surface area (Å²) >= 11 is 0. The second-order valence-corrected chi connectivity index (χ2v) is 2.83. The molecular formula is C8H14N2O. The van der Waals surface area contributed by atoms with E-state index in [1.54, 1.807) is 0 Å². The van der Waals surface area contributed by atoms with Crippen LogP contribution in [-0.2, 0) is 0 Å². The number of hydrogen-bond donors (Lipinski definition) is 2. The van der Waals surface area contributed by atoms with Gasteiger partial charge < -0.3 is 15.9 Å². The summed E-state index contributed by atoms with van der Waals surface area (Å²) in [5.74, 6) is 1.63. The smallest absolute Gasteiger partial charge is 0.122 e. The third-order valence-corrected chi connectivity index (χ3v) is 1.66. The molecule has 0 aliphatic carbocycles. The fourth-order valence-corrected chi connectivity index (χ4v) is 0.892. The van der Waals surface area contributed by atoms with Crippen molar-refractivity contribution in [1.29, 1.82) is 0 Å². The molecule has 0 saturated carbocycles. The first-order valence-corrected chi connectivity index (χ1v) is 3.68. The van der Waals surface area contributed by atoms with Gasteiger partial charge in [-0.3, -0.25) is 0 Å². The average molecular weight is 154 g/mol. The number of aryl methyl sites for hydroxylation is 1. The van der Waals surface area contributed by atoms with Gasteiger partial charge in [-0.2, -0.15) is 0 Å². The molecule has 0 aliphatic rings. The SMILES string of the molecule is Cc1ccc(C(N)C(C)N)o1. The van der Waals surface area contributed by atoms with Gasteiger partial charge in [-0.1, -0.05) is 0 Å². The average Bonchev–Trinajstić information content (AvgIpc) is 2.34. The molecule has 3 nitrogen and oxygen atoms in total. The Kier molecular flexibility index (Phi) is 2.31. The molecule has 4 N–H and O–H groups in total. The van der Waals surface area contributed by atoms with Gasteiger partial charge in [-0.15, -0.1) is 0 Å². The van der Waals surface area contributed by atoms with E-state index in [1.807, 2.05) is 26.0 Å². The van der Waals surface area contributed by atoms with E-state index in [9.17, 15) is 0 Å². The molecule has 0 radical (unpaired) electrons. The van der Waals surface area contributed by atoms with Crippen molar-refractivity contribution in [3.63, 3.8) is 0 Å². The molecule has 0 amide bonds. The van der Waals surface area contributed by atoms with Crippen molar-refractivity contribution in [3.05, 3.63) is 23.7 Å². The lowest BCUT2D eigenvalue weighted by Crippen LogP contribution is -2.30. The first-order chi connectivity index (χ1) is 5.11. The van der Waals surface area contributed by atoms with Gasteiger partial charge in [0.15, 0.2) is 0 Å². The summed E-state index contributed by atoms with van der Waals surface area (Å²) in [5, 5.41) is 0. The van der Waals surface area contributed by atoms with E-state index in [0.29, 0.717) is 0 Å². The van der Waals surface area contributed by atoms with E-state index in [0.717, 1.165) is 11.5 Å². The van der Waals surface area contributed by atoms with Crippen LogP contribution in [0.5, 0.6) is 0 Å². The fourth-order valence-electron chi connectivity index (χ4n) is 0.892. The molecule has 1 heterocycles. The third-order valence-electron chi connectivity index (χ3n) is 1.66. The van der Waals surface area contributed by atoms with Crippen molar-refractivity contribution >= 4 is 0 Å². The Bertz CT molecular complexity index is 230. The summed E-state index contributed by atoms with van der Waals surface area (Å²) in [4.78, 5) is 0. The van der Waals surface area contributed by atoms with Gasteiger partial charge in [0.1, 0.15) is 11.5 Å². The van der Waals surface area contributed by atoms with Gasteiger partial charge in [0.05, 0.1) is 6.04 Å². The normalized spacial score (nSPS) is 16.4. The summed E-state index contributed by atoms with van der Waals surface area (Å²) in [7, 11) is 0. The van der Waals surface area contributed by atoms with Crippen LogP contribution in [-0.4, -0.2) is 6.04 Å². The lowest BCUT2D eigenvalue weighted by molar-refractivity contribution is 0.419. The van der Waals surface area contributed by atoms with Crippen LogP contribution in [0, 0.1) is 6.92 Å². The zero-order valence-electron chi connectivity index (χ0n) is 6.87. The van der Waals surface area contributed by atoms with Gasteiger partial charge in [-0.25, -0.2) is 0 Å². The maximum Gasteiger partial charge on any atom is 0.122 e. The minimum atomic E-state index is -0.191. The number of hydrogen-bond acceptors (Lipinski definition) is 3. The molecule has 0 bridgehead atoms. The Morgan fingerprint density at radius 2 is 2.00 bits per heavy atom. The van der Waals surface area contributed by atoms with E-state index in [2.05, 4.69) is 0 Å². The highest BCUT2D eigenvalue weighted by Gasteiger charge is 2.13. The van der Waals surface area contributed by atoms with E-state index in [-0.39, 0.29) is 12.1 Å². The van der Waals surface area contributed by atoms with Gasteiger partial charge in [0, 0.05) is 6.04 Å². The second-order valence-electron chi connectivity index (χ2n) is 2.83. The standard InChI is InChI=1S/C8H14N2O/c1-5-3-4-7(11-5)8(10)6(2)9/h3-4,6,8H,9-10H2,1-2H3. The Hall–Kier alpha value is -0.800. The minimum Gasteiger partial charge on any atom is -0.465 e. The maximum atomic E-state index is 5.73. The van der Waals surface area contributed by atoms with E-state index in [1.165, 1.54) is 0 Å². The summed E-state index contributed by atoms with van der Waals surface area (Å²) in [6, 6.07) is 3.49. The molecule has 1 aromatic rings. The van der Waals surface area contributed by atoms with Crippen molar-refractivity contribution in [2.24, 2.45) is 11.5 Å². The highest BCUT2D eigenvalue weighted by atomic mass is 16.3. The molecule has 11 heavy (non-hydrogen) atoms. The topological polar surface area (TPSA) is 65.2 Å². The van der Waals surface area contributed by atoms with Crippen LogP contribution in [0.4, 0.5) is 0 Å². The van der Waals surface area contributed by atoms with Crippen molar-refractivity contribution in [2.75, 3.05) is 0 Å². The molecule has 0 fully saturated rings. The molecule has 0 saturated heterocycles. The van der Waals surface area contributed by atoms with Gasteiger partial charge in [-0.05, 0) is 26.0 Å². The zero-order valence-corrected chi connectivity index (χ0v) is 6.87. The first-order valence-electron chi connectivity index (χ1n) is 3.68. The molecule has 2 atom stereocenters. The molecular weight excluding hydrogens is 140 g/mol. The molecule has 0 spiro atoms. The number of furan rings is 1. The van der Waals surface area contributed by atoms with Crippen molar-refractivity contribution in [2.45, 2.75) is 25.9 Å². The lowest BCUT2D eigenvalue weighted by Gasteiger charge is -2.11. The molecule has 0 aromatic carbocycles. The van der Waals surface area contributed by atoms with Crippen molar-refractivity contribution in [1.82, 2.24) is 0 Å². The van der Waals surface area contributed by atoms with E-state index >= 15 is 0 Å². The monoisotopic (exact) mass is 154 g/mol. The van der Waals surface area contributed by atoms with Crippen molar-refractivity contribution in [3.8, 4) is 0 Å². The minimum absolute atomic E-state index is 0.0689. The Balaban J connectivity index is 2.76. The van der Waals surface area contributed by atoms with Crippen LogP contribution in [0.1, 0.15) is 24.5 Å². The largest absolute Gasteiger partial charge is 0.465 e. The van der Waals surface area contributed by atoms with Crippen LogP contribution < -0.4 is 11.5 Å². The van der Waals surface area contributed by atoms with E-state index in [4.69, 9.17) is 15.9 Å². The van der Waals surface area contributed by atoms with E-state index < -0.39 is 0 Å². The molecule has 62 valence electrons. The molecule has 1 rings (SSSR count). The fraction of sp³-hybridized carbons (Fsp3) is 0.500. The predicted octanol–water partition coefficient (Wildman–Crippen LogP) is 0.935. The number of nitrogens with two attached hydrogens (primary N) is 2. The summed E-state index contributed by atoms with van der Waals surface area (Å²) < 4.78 is 5.30. The van der Waals surface area contributed by atoms with Gasteiger partial charge in [0.25, 0.3) is 0 Å². The Labute approximate surface area is 66.4 Å². The second kappa shape index (κ2) is 3.07. The third kappa shape index (κ3) is 1.82. The maximum absolute atomic E-state index is 5.73. The van der Waals surface area contributed by atoms with Crippen LogP contribution in [0.25, 0.3) is 0 Å². The summed E-state index contributed by atoms with van der Waals surface area (Å²) in [6.45, 7) is 3.75.